The Morgan fingerprint density at radius 3 is 1.08 bits per heavy atom. The number of carbonyl (C=O) groups is 1. The van der Waals surface area contributed by atoms with Gasteiger partial charge in [0.1, 0.15) is 36.6 Å². The van der Waals surface area contributed by atoms with Gasteiger partial charge in [-0.2, -0.15) is 0 Å². The van der Waals surface area contributed by atoms with E-state index in [1.807, 2.05) is 0 Å². The van der Waals surface area contributed by atoms with E-state index in [0.717, 1.165) is 0 Å². The molecule has 0 radical (unpaired) electrons. The van der Waals surface area contributed by atoms with Crippen LogP contribution in [0.5, 0.6) is 0 Å². The lowest BCUT2D eigenvalue weighted by atomic mass is 10.1. The van der Waals surface area contributed by atoms with E-state index in [1.165, 1.54) is 0 Å². The molecule has 0 fully saturated rings. The van der Waals surface area contributed by atoms with E-state index >= 15 is 0 Å². The zero-order valence-electron chi connectivity index (χ0n) is 12.9. The molecular weight excluding hydrogens is 336 g/mol. The van der Waals surface area contributed by atoms with Crippen molar-refractivity contribution in [1.29, 1.82) is 0 Å². The summed E-state index contributed by atoms with van der Waals surface area (Å²) in [7, 11) is 0. The first-order valence-corrected chi connectivity index (χ1v) is 6.74. The molecular formula is C12H28O12. The van der Waals surface area contributed by atoms with Crippen LogP contribution in [-0.4, -0.2) is 132 Å². The van der Waals surface area contributed by atoms with Crippen LogP contribution in [0, 0.1) is 0 Å². The van der Waals surface area contributed by atoms with Crippen molar-refractivity contribution in [3.05, 3.63) is 0 Å². The number of hydrogen-bond donors (Lipinski definition) is 11. The standard InChI is InChI=1S/C5H10O5.C4H10O4.C3H8O3/c6-1-3(8)5(10)4(9)2-7;5-1-3(7)4(8)2-6;4-1-3(6)2-5/h1,3-5,7-10H,2H2;3-8H,1-2H2;3-6H,1-2H2/t3-,4-,5+;3-,4+;/m1../s1. The Bertz CT molecular complexity index is 254. The topological polar surface area (TPSA) is 240 Å². The summed E-state index contributed by atoms with van der Waals surface area (Å²) in [6, 6.07) is 0. The van der Waals surface area contributed by atoms with E-state index in [4.69, 9.17) is 56.2 Å². The maximum absolute atomic E-state index is 9.76. The summed E-state index contributed by atoms with van der Waals surface area (Å²) in [5.41, 5.74) is 0. The minimum Gasteiger partial charge on any atom is -0.394 e. The van der Waals surface area contributed by atoms with Crippen molar-refractivity contribution in [1.82, 2.24) is 0 Å². The first kappa shape index (κ1) is 28.1. The second kappa shape index (κ2) is 18.6. The Balaban J connectivity index is -0.000000285. The second-order valence-corrected chi connectivity index (χ2v) is 4.39. The van der Waals surface area contributed by atoms with Gasteiger partial charge in [-0.15, -0.1) is 0 Å². The number of carbonyl (C=O) groups excluding carboxylic acids is 1. The molecule has 0 bridgehead atoms. The molecule has 12 heteroatoms. The summed E-state index contributed by atoms with van der Waals surface area (Å²) in [5, 5.41) is 91.2. The zero-order chi connectivity index (χ0) is 19.7. The van der Waals surface area contributed by atoms with E-state index in [1.54, 1.807) is 0 Å². The molecule has 0 aromatic carbocycles. The van der Waals surface area contributed by atoms with Gasteiger partial charge in [0, 0.05) is 0 Å². The third-order valence-electron chi connectivity index (χ3n) is 2.31. The lowest BCUT2D eigenvalue weighted by Crippen LogP contribution is -2.40. The van der Waals surface area contributed by atoms with Crippen LogP contribution in [0.15, 0.2) is 0 Å². The Morgan fingerprint density at radius 2 is 0.917 bits per heavy atom. The highest BCUT2D eigenvalue weighted by Gasteiger charge is 2.22. The van der Waals surface area contributed by atoms with Crippen LogP contribution < -0.4 is 0 Å². The van der Waals surface area contributed by atoms with E-state index in [-0.39, 0.29) is 19.5 Å². The maximum Gasteiger partial charge on any atom is 0.151 e. The summed E-state index contributed by atoms with van der Waals surface area (Å²) in [4.78, 5) is 9.76. The average Bonchev–Trinajstić information content (AvgIpc) is 2.64. The number of aliphatic hydroxyl groups excluding tert-OH is 11. The fourth-order valence-corrected chi connectivity index (χ4v) is 0.717. The molecule has 0 aromatic heterocycles. The van der Waals surface area contributed by atoms with Gasteiger partial charge in [0.05, 0.1) is 33.0 Å². The Hall–Kier alpha value is -0.770. The highest BCUT2D eigenvalue weighted by molar-refractivity contribution is 5.56. The summed E-state index contributed by atoms with van der Waals surface area (Å²) in [6.07, 6.45) is -8.03. The molecule has 0 aliphatic heterocycles. The molecule has 5 atom stereocenters. The molecule has 0 aliphatic carbocycles. The molecule has 0 rings (SSSR count). The van der Waals surface area contributed by atoms with Crippen molar-refractivity contribution in [3.63, 3.8) is 0 Å². The SMILES string of the molecule is O=C[C@@H](O)[C@H](O)[C@H](O)CO.OCC(O)CO.OC[C@@H](O)[C@@H](O)CO. The smallest absolute Gasteiger partial charge is 0.151 e. The fourth-order valence-electron chi connectivity index (χ4n) is 0.717. The number of aldehydes is 1. The molecule has 11 N–H and O–H groups in total. The Kier molecular flexibility index (Phi) is 21.7. The van der Waals surface area contributed by atoms with Crippen molar-refractivity contribution in [3.8, 4) is 0 Å². The molecule has 0 amide bonds. The summed E-state index contributed by atoms with van der Waals surface area (Å²) >= 11 is 0. The van der Waals surface area contributed by atoms with Crippen molar-refractivity contribution in [2.75, 3.05) is 33.0 Å². The van der Waals surface area contributed by atoms with Crippen LogP contribution in [0.1, 0.15) is 0 Å². The molecule has 0 saturated heterocycles. The molecule has 0 spiro atoms. The highest BCUT2D eigenvalue weighted by atomic mass is 16.4. The van der Waals surface area contributed by atoms with Gasteiger partial charge in [-0.05, 0) is 0 Å². The van der Waals surface area contributed by atoms with Gasteiger partial charge in [-0.25, -0.2) is 0 Å². The third-order valence-corrected chi connectivity index (χ3v) is 2.31. The van der Waals surface area contributed by atoms with Crippen LogP contribution in [0.2, 0.25) is 0 Å². The first-order chi connectivity index (χ1) is 11.2. The second-order valence-electron chi connectivity index (χ2n) is 4.39. The molecule has 0 aromatic rings. The lowest BCUT2D eigenvalue weighted by Gasteiger charge is -2.16. The number of aliphatic hydroxyl groups is 11. The molecule has 24 heavy (non-hydrogen) atoms. The molecule has 12 nitrogen and oxygen atoms in total. The van der Waals surface area contributed by atoms with Crippen LogP contribution in [0.25, 0.3) is 0 Å². The first-order valence-electron chi connectivity index (χ1n) is 6.74. The fraction of sp³-hybridized carbons (Fsp3) is 0.917. The minimum absolute atomic E-state index is 0.0869. The quantitative estimate of drug-likeness (QED) is 0.171. The van der Waals surface area contributed by atoms with E-state index < -0.39 is 56.4 Å². The van der Waals surface area contributed by atoms with E-state index in [2.05, 4.69) is 0 Å². The van der Waals surface area contributed by atoms with Crippen LogP contribution in [0.3, 0.4) is 0 Å². The van der Waals surface area contributed by atoms with Gasteiger partial charge < -0.3 is 61.0 Å². The highest BCUT2D eigenvalue weighted by Crippen LogP contribution is 1.96. The molecule has 148 valence electrons. The Labute approximate surface area is 138 Å². The van der Waals surface area contributed by atoms with Crippen LogP contribution >= 0.6 is 0 Å². The van der Waals surface area contributed by atoms with Gasteiger partial charge >= 0.3 is 0 Å². The largest absolute Gasteiger partial charge is 0.394 e. The van der Waals surface area contributed by atoms with Crippen molar-refractivity contribution in [2.45, 2.75) is 36.6 Å². The Morgan fingerprint density at radius 1 is 0.583 bits per heavy atom. The van der Waals surface area contributed by atoms with E-state index in [9.17, 15) is 4.79 Å². The molecule has 0 unspecified atom stereocenters. The van der Waals surface area contributed by atoms with Crippen molar-refractivity contribution >= 4 is 6.29 Å². The minimum atomic E-state index is -1.64. The maximum atomic E-state index is 9.76. The van der Waals surface area contributed by atoms with Crippen LogP contribution in [-0.2, 0) is 4.79 Å². The van der Waals surface area contributed by atoms with Gasteiger partial charge in [0.25, 0.3) is 0 Å². The zero-order valence-corrected chi connectivity index (χ0v) is 12.9. The molecule has 0 saturated carbocycles. The van der Waals surface area contributed by atoms with Gasteiger partial charge in [-0.1, -0.05) is 0 Å². The third kappa shape index (κ3) is 16.1. The monoisotopic (exact) mass is 364 g/mol. The average molecular weight is 364 g/mol. The van der Waals surface area contributed by atoms with Crippen molar-refractivity contribution < 1.29 is 61.0 Å². The van der Waals surface area contributed by atoms with Crippen LogP contribution in [0.4, 0.5) is 0 Å². The van der Waals surface area contributed by atoms with Gasteiger partial charge in [0.15, 0.2) is 6.29 Å². The van der Waals surface area contributed by atoms with E-state index in [0.29, 0.717) is 0 Å². The predicted octanol–water partition coefficient (Wildman–Crippen LogP) is -6.71. The molecule has 0 heterocycles. The van der Waals surface area contributed by atoms with Gasteiger partial charge in [0.2, 0.25) is 0 Å². The summed E-state index contributed by atoms with van der Waals surface area (Å²) in [5.74, 6) is 0. The normalized spacial score (nSPS) is 16.7. The predicted molar refractivity (Wildman–Crippen MR) is 77.5 cm³/mol. The summed E-state index contributed by atoms with van der Waals surface area (Å²) in [6.45, 7) is -2.47. The van der Waals surface area contributed by atoms with Crippen molar-refractivity contribution in [2.24, 2.45) is 0 Å². The lowest BCUT2D eigenvalue weighted by molar-refractivity contribution is -0.127. The molecule has 0 aliphatic rings. The number of rotatable bonds is 9. The summed E-state index contributed by atoms with van der Waals surface area (Å²) < 4.78 is 0. The van der Waals surface area contributed by atoms with Gasteiger partial charge in [-0.3, -0.25) is 0 Å². The number of hydrogen-bond acceptors (Lipinski definition) is 12.